The van der Waals surface area contributed by atoms with Gasteiger partial charge in [0.15, 0.2) is 0 Å². The van der Waals surface area contributed by atoms with Gasteiger partial charge in [0.2, 0.25) is 0 Å². The lowest BCUT2D eigenvalue weighted by Crippen LogP contribution is -2.59. The van der Waals surface area contributed by atoms with Crippen LogP contribution in [0.2, 0.25) is 0 Å². The number of rotatable bonds is 4. The summed E-state index contributed by atoms with van der Waals surface area (Å²) in [5.74, 6) is -0.185. The second-order valence-electron chi connectivity index (χ2n) is 5.91. The normalized spacial score (nSPS) is 19.7. The van der Waals surface area contributed by atoms with E-state index in [0.29, 0.717) is 11.0 Å². The van der Waals surface area contributed by atoms with Crippen LogP contribution in [0.5, 0.6) is 0 Å². The number of benzene rings is 1. The number of ether oxygens (including phenoxy) is 1. The maximum absolute atomic E-state index is 12.3. The number of amides is 3. The summed E-state index contributed by atoms with van der Waals surface area (Å²) in [6, 6.07) is 8.26. The third kappa shape index (κ3) is 3.34. The van der Waals surface area contributed by atoms with E-state index in [4.69, 9.17) is 4.74 Å². The van der Waals surface area contributed by atoms with Crippen molar-refractivity contribution in [2.24, 2.45) is 4.99 Å². The zero-order valence-corrected chi connectivity index (χ0v) is 15.5. The van der Waals surface area contributed by atoms with Gasteiger partial charge in [-0.05, 0) is 17.3 Å². The van der Waals surface area contributed by atoms with Crippen molar-refractivity contribution >= 4 is 40.7 Å². The average molecular weight is 375 g/mol. The van der Waals surface area contributed by atoms with Crippen molar-refractivity contribution in [1.29, 1.82) is 0 Å². The number of hydrogen-bond donors (Lipinski definition) is 0. The van der Waals surface area contributed by atoms with Gasteiger partial charge < -0.3 is 4.74 Å². The number of aliphatic imine (C=N–C) groups is 1. The van der Waals surface area contributed by atoms with Crippen molar-refractivity contribution in [3.05, 3.63) is 35.9 Å². The molecule has 1 aromatic rings. The van der Waals surface area contributed by atoms with Crippen LogP contribution in [-0.2, 0) is 20.9 Å². The Hall–Kier alpha value is -2.68. The van der Waals surface area contributed by atoms with E-state index in [-0.39, 0.29) is 24.2 Å². The number of imide groups is 1. The first-order valence-electron chi connectivity index (χ1n) is 7.96. The predicted molar refractivity (Wildman–Crippen MR) is 97.0 cm³/mol. The Morgan fingerprint density at radius 3 is 2.62 bits per heavy atom. The Kier molecular flexibility index (Phi) is 5.08. The molecular formula is C17H19N4O4S+. The van der Waals surface area contributed by atoms with E-state index < -0.39 is 12.1 Å². The first kappa shape index (κ1) is 18.1. The number of carbonyl (C=O) groups excluding carboxylic acids is 3. The molecule has 3 rings (SSSR count). The van der Waals surface area contributed by atoms with Crippen LogP contribution in [0.3, 0.4) is 0 Å². The lowest BCUT2D eigenvalue weighted by Gasteiger charge is -2.27. The lowest BCUT2D eigenvalue weighted by molar-refractivity contribution is -0.367. The number of urea groups is 1. The van der Waals surface area contributed by atoms with E-state index in [9.17, 15) is 14.4 Å². The highest BCUT2D eigenvalue weighted by atomic mass is 32.2. The fraction of sp³-hybridized carbons (Fsp3) is 0.353. The molecule has 1 unspecified atom stereocenters. The summed E-state index contributed by atoms with van der Waals surface area (Å²) < 4.78 is 6.91. The topological polar surface area (TPSA) is 82.3 Å². The fourth-order valence-electron chi connectivity index (χ4n) is 2.75. The SMILES string of the molecule is CN1C(=O)C2N=C(SCC(=O)OCc3ccccc3)[N+](C)=C2N(C)C1=O. The van der Waals surface area contributed by atoms with Gasteiger partial charge in [-0.1, -0.05) is 30.3 Å². The van der Waals surface area contributed by atoms with E-state index in [0.717, 1.165) is 10.5 Å². The number of likely N-dealkylation sites (N-methyl/N-ethyl adjacent to an activating group) is 2. The zero-order chi connectivity index (χ0) is 18.8. The smallest absolute Gasteiger partial charge is 0.388 e. The van der Waals surface area contributed by atoms with Gasteiger partial charge in [-0.25, -0.2) is 14.3 Å². The van der Waals surface area contributed by atoms with Crippen molar-refractivity contribution in [2.45, 2.75) is 12.6 Å². The molecule has 2 heterocycles. The minimum Gasteiger partial charge on any atom is -0.460 e. The van der Waals surface area contributed by atoms with Crippen LogP contribution < -0.4 is 0 Å². The van der Waals surface area contributed by atoms with Gasteiger partial charge in [0, 0.05) is 7.05 Å². The molecule has 2 aliphatic rings. The maximum atomic E-state index is 12.3. The van der Waals surface area contributed by atoms with Crippen molar-refractivity contribution in [1.82, 2.24) is 9.80 Å². The summed E-state index contributed by atoms with van der Waals surface area (Å²) in [7, 11) is 4.75. The molecule has 0 aliphatic carbocycles. The fourth-order valence-corrected chi connectivity index (χ4v) is 3.55. The van der Waals surface area contributed by atoms with Crippen molar-refractivity contribution in [2.75, 3.05) is 26.9 Å². The first-order chi connectivity index (χ1) is 12.4. The van der Waals surface area contributed by atoms with Crippen LogP contribution in [0.4, 0.5) is 4.79 Å². The predicted octanol–water partition coefficient (Wildman–Crippen LogP) is 0.766. The molecule has 0 radical (unpaired) electrons. The molecule has 1 aromatic carbocycles. The molecule has 0 aromatic heterocycles. The second-order valence-corrected chi connectivity index (χ2v) is 6.85. The highest BCUT2D eigenvalue weighted by molar-refractivity contribution is 8.13. The van der Waals surface area contributed by atoms with E-state index in [2.05, 4.69) is 4.99 Å². The maximum Gasteiger partial charge on any atom is 0.388 e. The molecule has 1 saturated heterocycles. The van der Waals surface area contributed by atoms with Crippen molar-refractivity contribution < 1.29 is 23.7 Å². The van der Waals surface area contributed by atoms with Crippen LogP contribution >= 0.6 is 11.8 Å². The van der Waals surface area contributed by atoms with Gasteiger partial charge in [-0.3, -0.25) is 14.5 Å². The second kappa shape index (κ2) is 7.28. The number of esters is 1. The summed E-state index contributed by atoms with van der Waals surface area (Å²) in [5.41, 5.74) is 0.913. The minimum absolute atomic E-state index is 0.0672. The van der Waals surface area contributed by atoms with Crippen molar-refractivity contribution in [3.63, 3.8) is 0 Å². The largest absolute Gasteiger partial charge is 0.460 e. The lowest BCUT2D eigenvalue weighted by atomic mass is 10.2. The van der Waals surface area contributed by atoms with Crippen molar-refractivity contribution in [3.8, 4) is 0 Å². The van der Waals surface area contributed by atoms with Crippen LogP contribution in [0.25, 0.3) is 0 Å². The third-order valence-electron chi connectivity index (χ3n) is 4.16. The van der Waals surface area contributed by atoms with Gasteiger partial charge >= 0.3 is 12.0 Å². The summed E-state index contributed by atoms with van der Waals surface area (Å²) in [6.45, 7) is 0.211. The van der Waals surface area contributed by atoms with Crippen LogP contribution in [0, 0.1) is 0 Å². The van der Waals surface area contributed by atoms with Crippen LogP contribution in [-0.4, -0.2) is 76.2 Å². The summed E-state index contributed by atoms with van der Waals surface area (Å²) >= 11 is 1.18. The van der Waals surface area contributed by atoms with E-state index >= 15 is 0 Å². The molecule has 0 saturated carbocycles. The van der Waals surface area contributed by atoms with Gasteiger partial charge in [-0.15, -0.1) is 4.99 Å². The Balaban J connectivity index is 1.62. The number of amidine groups is 2. The number of fused-ring (bicyclic) bond motifs is 1. The van der Waals surface area contributed by atoms with E-state index in [1.165, 1.54) is 23.7 Å². The molecule has 0 N–H and O–H groups in total. The highest BCUT2D eigenvalue weighted by Gasteiger charge is 2.51. The molecule has 1 fully saturated rings. The molecule has 1 atom stereocenters. The zero-order valence-electron chi connectivity index (χ0n) is 14.7. The average Bonchev–Trinajstić information content (AvgIpc) is 2.98. The number of nitrogens with zero attached hydrogens (tertiary/aromatic N) is 4. The monoisotopic (exact) mass is 375 g/mol. The molecule has 3 amide bonds. The highest BCUT2D eigenvalue weighted by Crippen LogP contribution is 2.22. The Labute approximate surface area is 155 Å². The molecule has 26 heavy (non-hydrogen) atoms. The first-order valence-corrected chi connectivity index (χ1v) is 8.94. The van der Waals surface area contributed by atoms with Crippen LogP contribution in [0.15, 0.2) is 35.3 Å². The summed E-state index contributed by atoms with van der Waals surface area (Å²) in [5, 5.41) is 0.505. The number of hydrogen-bond acceptors (Lipinski definition) is 6. The molecule has 9 heteroatoms. The van der Waals surface area contributed by atoms with Crippen LogP contribution in [0.1, 0.15) is 5.56 Å². The third-order valence-corrected chi connectivity index (χ3v) is 5.18. The number of carbonyl (C=O) groups is 3. The van der Waals surface area contributed by atoms with E-state index in [1.807, 2.05) is 30.3 Å². The number of thioether (sulfide) groups is 1. The summed E-state index contributed by atoms with van der Waals surface area (Å²) in [4.78, 5) is 43.1. The van der Waals surface area contributed by atoms with Gasteiger partial charge in [0.25, 0.3) is 23.0 Å². The Bertz CT molecular complexity index is 821. The molecule has 0 bridgehead atoms. The molecule has 136 valence electrons. The van der Waals surface area contributed by atoms with Gasteiger partial charge in [-0.2, -0.15) is 0 Å². The standard InChI is InChI=1S/C17H19N4O4S/c1-19-14-13(15(23)21(3)17(24)20(14)2)18-16(19)26-10-12(22)25-9-11-7-5-4-6-8-11/h4-8,13H,9-10H2,1-3H3/q+1. The quantitative estimate of drug-likeness (QED) is 0.573. The van der Waals surface area contributed by atoms with Gasteiger partial charge in [0.05, 0.1) is 14.1 Å². The molecule has 8 nitrogen and oxygen atoms in total. The molecular weight excluding hydrogens is 356 g/mol. The Morgan fingerprint density at radius 1 is 1.23 bits per heavy atom. The van der Waals surface area contributed by atoms with Gasteiger partial charge in [0.1, 0.15) is 12.4 Å². The molecule has 0 spiro atoms. The summed E-state index contributed by atoms with van der Waals surface area (Å²) in [6.07, 6.45) is 0. The Morgan fingerprint density at radius 2 is 1.92 bits per heavy atom. The van der Waals surface area contributed by atoms with E-state index in [1.54, 1.807) is 18.7 Å². The molecule has 2 aliphatic heterocycles. The minimum atomic E-state index is -0.754.